The fourth-order valence-corrected chi connectivity index (χ4v) is 2.98. The van der Waals surface area contributed by atoms with E-state index in [2.05, 4.69) is 5.10 Å². The molecule has 0 saturated carbocycles. The highest BCUT2D eigenvalue weighted by atomic mass is 16.5. The third-order valence-corrected chi connectivity index (χ3v) is 4.17. The van der Waals surface area contributed by atoms with E-state index in [1.165, 1.54) is 16.8 Å². The van der Waals surface area contributed by atoms with Gasteiger partial charge in [0.15, 0.2) is 0 Å². The van der Waals surface area contributed by atoms with E-state index >= 15 is 0 Å². The number of benzene rings is 1. The van der Waals surface area contributed by atoms with Gasteiger partial charge in [-0.25, -0.2) is 4.68 Å². The van der Waals surface area contributed by atoms with Crippen LogP contribution in [0.4, 0.5) is 5.69 Å². The number of nitrogens with zero attached hydrogens (tertiary/aromatic N) is 3. The Hall–Kier alpha value is -2.63. The smallest absolute Gasteiger partial charge is 0.278 e. The van der Waals surface area contributed by atoms with Crippen molar-refractivity contribution in [1.29, 1.82) is 0 Å². The monoisotopic (exact) mass is 327 g/mol. The molecule has 2 aromatic rings. The van der Waals surface area contributed by atoms with E-state index in [1.807, 2.05) is 25.1 Å². The molecule has 0 saturated heterocycles. The fourth-order valence-electron chi connectivity index (χ4n) is 2.98. The standard InChI is InChI=1S/C18H21N3O3/c1-3-10-21-17(22)9-7-15(19-21)18(23)20-11-4-5-13-12-14(24-2)6-8-16(13)20/h6-9,12H,3-5,10-11H2,1-2H3. The van der Waals surface area contributed by atoms with Crippen LogP contribution in [0.25, 0.3) is 0 Å². The Morgan fingerprint density at radius 3 is 2.88 bits per heavy atom. The molecule has 1 aromatic heterocycles. The lowest BCUT2D eigenvalue weighted by atomic mass is 10.0. The average Bonchev–Trinajstić information content (AvgIpc) is 2.62. The van der Waals surface area contributed by atoms with E-state index in [1.54, 1.807) is 12.0 Å². The minimum Gasteiger partial charge on any atom is -0.497 e. The maximum Gasteiger partial charge on any atom is 0.278 e. The lowest BCUT2D eigenvalue weighted by Gasteiger charge is -2.29. The summed E-state index contributed by atoms with van der Waals surface area (Å²) in [6.07, 6.45) is 2.59. The van der Waals surface area contributed by atoms with Crippen LogP contribution in [-0.4, -0.2) is 29.3 Å². The number of methoxy groups -OCH3 is 1. The van der Waals surface area contributed by atoms with Crippen LogP contribution < -0.4 is 15.2 Å². The van der Waals surface area contributed by atoms with Gasteiger partial charge in [0.05, 0.1) is 7.11 Å². The van der Waals surface area contributed by atoms with Gasteiger partial charge in [0.25, 0.3) is 11.5 Å². The number of amides is 1. The Labute approximate surface area is 140 Å². The SMILES string of the molecule is CCCn1nc(C(=O)N2CCCc3cc(OC)ccc32)ccc1=O. The molecule has 2 heterocycles. The summed E-state index contributed by atoms with van der Waals surface area (Å²) in [4.78, 5) is 26.4. The lowest BCUT2D eigenvalue weighted by molar-refractivity contribution is 0.0977. The minimum atomic E-state index is -0.183. The molecule has 1 aliphatic rings. The Bertz CT molecular complexity index is 813. The molecule has 0 N–H and O–H groups in total. The van der Waals surface area contributed by atoms with Gasteiger partial charge in [-0.2, -0.15) is 5.10 Å². The maximum atomic E-state index is 12.9. The lowest BCUT2D eigenvalue weighted by Crippen LogP contribution is -2.37. The highest BCUT2D eigenvalue weighted by Gasteiger charge is 2.25. The predicted molar refractivity (Wildman–Crippen MR) is 91.8 cm³/mol. The van der Waals surface area contributed by atoms with Gasteiger partial charge in [0, 0.05) is 24.8 Å². The van der Waals surface area contributed by atoms with Crippen LogP contribution in [0, 0.1) is 0 Å². The van der Waals surface area contributed by atoms with Gasteiger partial charge in [-0.15, -0.1) is 0 Å². The number of aromatic nitrogens is 2. The first kappa shape index (κ1) is 16.2. The van der Waals surface area contributed by atoms with E-state index in [4.69, 9.17) is 4.74 Å². The molecule has 1 amide bonds. The number of rotatable bonds is 4. The molecule has 0 fully saturated rings. The number of ether oxygens (including phenoxy) is 1. The number of hydrogen-bond acceptors (Lipinski definition) is 4. The van der Waals surface area contributed by atoms with Gasteiger partial charge in [0.2, 0.25) is 0 Å². The van der Waals surface area contributed by atoms with Crippen LogP contribution >= 0.6 is 0 Å². The number of fused-ring (bicyclic) bond motifs is 1. The third kappa shape index (κ3) is 3.04. The van der Waals surface area contributed by atoms with Crippen molar-refractivity contribution in [1.82, 2.24) is 9.78 Å². The first-order valence-corrected chi connectivity index (χ1v) is 8.21. The largest absolute Gasteiger partial charge is 0.497 e. The molecule has 0 bridgehead atoms. The van der Waals surface area contributed by atoms with Crippen molar-refractivity contribution in [3.8, 4) is 5.75 Å². The van der Waals surface area contributed by atoms with Crippen molar-refractivity contribution in [2.75, 3.05) is 18.6 Å². The molecule has 1 aliphatic heterocycles. The maximum absolute atomic E-state index is 12.9. The summed E-state index contributed by atoms with van der Waals surface area (Å²) in [6.45, 7) is 3.12. The van der Waals surface area contributed by atoms with Crippen molar-refractivity contribution in [3.63, 3.8) is 0 Å². The molecule has 0 aliphatic carbocycles. The third-order valence-electron chi connectivity index (χ3n) is 4.17. The summed E-state index contributed by atoms with van der Waals surface area (Å²) >= 11 is 0. The van der Waals surface area contributed by atoms with Crippen molar-refractivity contribution in [3.05, 3.63) is 51.9 Å². The Morgan fingerprint density at radius 2 is 2.12 bits per heavy atom. The zero-order valence-electron chi connectivity index (χ0n) is 14.0. The van der Waals surface area contributed by atoms with Crippen LogP contribution in [-0.2, 0) is 13.0 Å². The van der Waals surface area contributed by atoms with Crippen molar-refractivity contribution in [2.45, 2.75) is 32.7 Å². The Balaban J connectivity index is 1.94. The summed E-state index contributed by atoms with van der Waals surface area (Å²) in [7, 11) is 1.63. The second-order valence-electron chi connectivity index (χ2n) is 5.83. The van der Waals surface area contributed by atoms with E-state index in [0.29, 0.717) is 18.8 Å². The topological polar surface area (TPSA) is 64.4 Å². The molecule has 6 heteroatoms. The molecule has 0 spiro atoms. The number of anilines is 1. The molecule has 3 rings (SSSR count). The second-order valence-corrected chi connectivity index (χ2v) is 5.83. The first-order chi connectivity index (χ1) is 11.6. The molecule has 6 nitrogen and oxygen atoms in total. The van der Waals surface area contributed by atoms with Gasteiger partial charge in [-0.05, 0) is 49.1 Å². The molecule has 126 valence electrons. The normalized spacial score (nSPS) is 13.5. The first-order valence-electron chi connectivity index (χ1n) is 8.21. The second kappa shape index (κ2) is 6.86. The van der Waals surface area contributed by atoms with E-state index in [9.17, 15) is 9.59 Å². The average molecular weight is 327 g/mol. The predicted octanol–water partition coefficient (Wildman–Crippen LogP) is 2.25. The summed E-state index contributed by atoms with van der Waals surface area (Å²) in [5, 5.41) is 4.23. The Kier molecular flexibility index (Phi) is 4.64. The molecular formula is C18H21N3O3. The number of carbonyl (C=O) groups is 1. The van der Waals surface area contributed by atoms with Gasteiger partial charge >= 0.3 is 0 Å². The van der Waals surface area contributed by atoms with E-state index < -0.39 is 0 Å². The van der Waals surface area contributed by atoms with E-state index in [-0.39, 0.29) is 11.5 Å². The summed E-state index contributed by atoms with van der Waals surface area (Å²) < 4.78 is 6.62. The molecule has 0 unspecified atom stereocenters. The van der Waals surface area contributed by atoms with Crippen LogP contribution in [0.2, 0.25) is 0 Å². The van der Waals surface area contributed by atoms with Gasteiger partial charge in [0.1, 0.15) is 11.4 Å². The Morgan fingerprint density at radius 1 is 1.29 bits per heavy atom. The molecule has 1 aromatic carbocycles. The quantitative estimate of drug-likeness (QED) is 0.864. The summed E-state index contributed by atoms with van der Waals surface area (Å²) in [5.74, 6) is 0.614. The molecule has 0 atom stereocenters. The van der Waals surface area contributed by atoms with Crippen molar-refractivity contribution >= 4 is 11.6 Å². The van der Waals surface area contributed by atoms with Gasteiger partial charge in [-0.1, -0.05) is 6.92 Å². The number of hydrogen-bond donors (Lipinski definition) is 0. The highest BCUT2D eigenvalue weighted by Crippen LogP contribution is 2.31. The highest BCUT2D eigenvalue weighted by molar-refractivity contribution is 6.05. The minimum absolute atomic E-state index is 0.175. The van der Waals surface area contributed by atoms with Gasteiger partial charge < -0.3 is 9.64 Å². The number of aryl methyl sites for hydroxylation is 2. The fraction of sp³-hybridized carbons (Fsp3) is 0.389. The zero-order chi connectivity index (χ0) is 17.1. The van der Waals surface area contributed by atoms with Crippen molar-refractivity contribution < 1.29 is 9.53 Å². The van der Waals surface area contributed by atoms with Crippen molar-refractivity contribution in [2.24, 2.45) is 0 Å². The molecule has 0 radical (unpaired) electrons. The van der Waals surface area contributed by atoms with Crippen LogP contribution in [0.5, 0.6) is 5.75 Å². The summed E-state index contributed by atoms with van der Waals surface area (Å²) in [6, 6.07) is 8.66. The van der Waals surface area contributed by atoms with Crippen LogP contribution in [0.15, 0.2) is 35.1 Å². The molecule has 24 heavy (non-hydrogen) atoms. The van der Waals surface area contributed by atoms with Crippen LogP contribution in [0.1, 0.15) is 35.8 Å². The zero-order valence-corrected chi connectivity index (χ0v) is 14.0. The number of carbonyl (C=O) groups excluding carboxylic acids is 1. The van der Waals surface area contributed by atoms with Gasteiger partial charge in [-0.3, -0.25) is 9.59 Å². The van der Waals surface area contributed by atoms with Crippen LogP contribution in [0.3, 0.4) is 0 Å². The molecular weight excluding hydrogens is 306 g/mol. The summed E-state index contributed by atoms with van der Waals surface area (Å²) in [5.41, 5.74) is 2.10. The van der Waals surface area contributed by atoms with E-state index in [0.717, 1.165) is 36.3 Å².